The maximum absolute atomic E-state index is 10.5. The quantitative estimate of drug-likeness (QED) is 0.709. The summed E-state index contributed by atoms with van der Waals surface area (Å²) in [5.41, 5.74) is 4.77. The molecule has 0 atom stereocenters. The van der Waals surface area contributed by atoms with E-state index in [0.717, 1.165) is 12.0 Å². The maximum Gasteiger partial charge on any atom is 0.119 e. The summed E-state index contributed by atoms with van der Waals surface area (Å²) >= 11 is 0. The molecule has 0 spiro atoms. The first kappa shape index (κ1) is 18.3. The molecule has 2 rings (SSSR count). The molecule has 128 valence electrons. The Morgan fingerprint density at radius 2 is 1.38 bits per heavy atom. The van der Waals surface area contributed by atoms with Crippen molar-refractivity contribution in [2.75, 3.05) is 0 Å². The predicted molar refractivity (Wildman–Crippen MR) is 105 cm³/mol. The van der Waals surface area contributed by atoms with Crippen LogP contribution in [-0.2, 0) is 17.3 Å². The lowest BCUT2D eigenvalue weighted by atomic mass is 9.74. The lowest BCUT2D eigenvalue weighted by Crippen LogP contribution is -2.22. The Bertz CT molecular complexity index is 710. The highest BCUT2D eigenvalue weighted by atomic mass is 16.3. The Labute approximate surface area is 147 Å². The second-order valence-corrected chi connectivity index (χ2v) is 8.54. The summed E-state index contributed by atoms with van der Waals surface area (Å²) in [7, 11) is 0. The van der Waals surface area contributed by atoms with E-state index in [9.17, 15) is 5.11 Å². The molecule has 1 heteroatoms. The molecule has 0 radical (unpaired) electrons. The average molecular weight is 322 g/mol. The number of hydrogen-bond acceptors (Lipinski definition) is 1. The van der Waals surface area contributed by atoms with Gasteiger partial charge in [0.2, 0.25) is 0 Å². The van der Waals surface area contributed by atoms with Gasteiger partial charge < -0.3 is 5.11 Å². The van der Waals surface area contributed by atoms with E-state index < -0.39 is 0 Å². The molecule has 0 bridgehead atoms. The SMILES string of the molecule is CC(C)(C)c1cc(O)c(CC=Cc2ccccc2)cc1C(C)(C)C. The summed E-state index contributed by atoms with van der Waals surface area (Å²) in [6.45, 7) is 13.3. The smallest absolute Gasteiger partial charge is 0.119 e. The molecule has 2 aromatic rings. The van der Waals surface area contributed by atoms with Crippen LogP contribution in [0.5, 0.6) is 5.75 Å². The van der Waals surface area contributed by atoms with Gasteiger partial charge in [-0.3, -0.25) is 0 Å². The van der Waals surface area contributed by atoms with Crippen molar-refractivity contribution in [3.8, 4) is 5.75 Å². The molecule has 0 aliphatic rings. The third-order valence-electron chi connectivity index (χ3n) is 4.28. The highest BCUT2D eigenvalue weighted by Crippen LogP contribution is 2.38. The van der Waals surface area contributed by atoms with Gasteiger partial charge in [-0.15, -0.1) is 0 Å². The normalized spacial score (nSPS) is 12.8. The van der Waals surface area contributed by atoms with Gasteiger partial charge >= 0.3 is 0 Å². The minimum absolute atomic E-state index is 0.0124. The van der Waals surface area contributed by atoms with E-state index in [0.29, 0.717) is 5.75 Å². The van der Waals surface area contributed by atoms with Gasteiger partial charge in [0, 0.05) is 0 Å². The molecule has 1 nitrogen and oxygen atoms in total. The van der Waals surface area contributed by atoms with E-state index >= 15 is 0 Å². The Morgan fingerprint density at radius 3 is 1.92 bits per heavy atom. The first-order valence-corrected chi connectivity index (χ1v) is 8.67. The molecule has 0 heterocycles. The van der Waals surface area contributed by atoms with Crippen molar-refractivity contribution >= 4 is 6.08 Å². The van der Waals surface area contributed by atoms with E-state index in [2.05, 4.69) is 71.9 Å². The van der Waals surface area contributed by atoms with E-state index in [1.807, 2.05) is 24.3 Å². The number of allylic oxidation sites excluding steroid dienone is 1. The van der Waals surface area contributed by atoms with Crippen LogP contribution in [-0.4, -0.2) is 5.11 Å². The van der Waals surface area contributed by atoms with Crippen molar-refractivity contribution in [2.24, 2.45) is 0 Å². The molecule has 2 aromatic carbocycles. The van der Waals surface area contributed by atoms with Gasteiger partial charge in [0.05, 0.1) is 0 Å². The molecule has 0 fully saturated rings. The third-order valence-corrected chi connectivity index (χ3v) is 4.28. The van der Waals surface area contributed by atoms with Crippen molar-refractivity contribution in [1.82, 2.24) is 0 Å². The predicted octanol–water partition coefficient (Wildman–Crippen LogP) is 6.24. The number of rotatable bonds is 3. The third kappa shape index (κ3) is 4.50. The molecular formula is C23H30O. The number of aromatic hydroxyl groups is 1. The monoisotopic (exact) mass is 322 g/mol. The van der Waals surface area contributed by atoms with E-state index in [4.69, 9.17) is 0 Å². The molecule has 1 N–H and O–H groups in total. The summed E-state index contributed by atoms with van der Waals surface area (Å²) in [6, 6.07) is 14.4. The van der Waals surface area contributed by atoms with Gasteiger partial charge in [0.1, 0.15) is 5.75 Å². The lowest BCUT2D eigenvalue weighted by Gasteiger charge is -2.31. The largest absolute Gasteiger partial charge is 0.508 e. The first-order chi connectivity index (χ1) is 11.1. The standard InChI is InChI=1S/C23H30O/c1-22(2,3)19-15-18(21(24)16-20(19)23(4,5)6)14-10-13-17-11-8-7-9-12-17/h7-13,15-16,24H,14H2,1-6H3. The molecule has 0 amide bonds. The molecule has 0 aromatic heterocycles. The van der Waals surface area contributed by atoms with Crippen LogP contribution in [0, 0.1) is 0 Å². The average Bonchev–Trinajstić information content (AvgIpc) is 2.47. The van der Waals surface area contributed by atoms with Crippen molar-refractivity contribution < 1.29 is 5.11 Å². The van der Waals surface area contributed by atoms with Gasteiger partial charge in [-0.1, -0.05) is 90.1 Å². The molecular weight excluding hydrogens is 292 g/mol. The van der Waals surface area contributed by atoms with Crippen LogP contribution in [0.2, 0.25) is 0 Å². The van der Waals surface area contributed by atoms with Crippen LogP contribution in [0.1, 0.15) is 63.8 Å². The minimum atomic E-state index is 0.0124. The lowest BCUT2D eigenvalue weighted by molar-refractivity contribution is 0.460. The molecule has 0 aliphatic heterocycles. The Kier molecular flexibility index (Phi) is 5.22. The molecule has 24 heavy (non-hydrogen) atoms. The van der Waals surface area contributed by atoms with Crippen LogP contribution in [0.15, 0.2) is 48.5 Å². The highest BCUT2D eigenvalue weighted by Gasteiger charge is 2.26. The van der Waals surface area contributed by atoms with E-state index in [-0.39, 0.29) is 10.8 Å². The summed E-state index contributed by atoms with van der Waals surface area (Å²) in [5.74, 6) is 0.394. The van der Waals surface area contributed by atoms with Crippen molar-refractivity contribution in [1.29, 1.82) is 0 Å². The zero-order chi connectivity index (χ0) is 18.0. The van der Waals surface area contributed by atoms with E-state index in [1.54, 1.807) is 0 Å². The summed E-state index contributed by atoms with van der Waals surface area (Å²) in [6.07, 6.45) is 4.95. The number of phenols is 1. The van der Waals surface area contributed by atoms with E-state index in [1.165, 1.54) is 16.7 Å². The van der Waals surface area contributed by atoms with Crippen LogP contribution in [0.25, 0.3) is 6.08 Å². The van der Waals surface area contributed by atoms with Gasteiger partial charge in [0.25, 0.3) is 0 Å². The number of benzene rings is 2. The van der Waals surface area contributed by atoms with Crippen LogP contribution in [0.4, 0.5) is 0 Å². The molecule has 0 saturated heterocycles. The minimum Gasteiger partial charge on any atom is -0.508 e. The van der Waals surface area contributed by atoms with Gasteiger partial charge in [-0.05, 0) is 45.6 Å². The second-order valence-electron chi connectivity index (χ2n) is 8.54. The highest BCUT2D eigenvalue weighted by molar-refractivity contribution is 5.52. The van der Waals surface area contributed by atoms with Crippen LogP contribution in [0.3, 0.4) is 0 Å². The fraction of sp³-hybridized carbons (Fsp3) is 0.391. The Hall–Kier alpha value is -2.02. The van der Waals surface area contributed by atoms with Gasteiger partial charge in [0.15, 0.2) is 0 Å². The van der Waals surface area contributed by atoms with Gasteiger partial charge in [-0.25, -0.2) is 0 Å². The molecule has 0 aliphatic carbocycles. The topological polar surface area (TPSA) is 20.2 Å². The zero-order valence-electron chi connectivity index (χ0n) is 15.9. The van der Waals surface area contributed by atoms with Crippen molar-refractivity contribution in [3.05, 3.63) is 70.8 Å². The summed E-state index contributed by atoms with van der Waals surface area (Å²) < 4.78 is 0. The zero-order valence-corrected chi connectivity index (χ0v) is 15.9. The van der Waals surface area contributed by atoms with Crippen LogP contribution >= 0.6 is 0 Å². The Balaban J connectivity index is 2.36. The first-order valence-electron chi connectivity index (χ1n) is 8.67. The van der Waals surface area contributed by atoms with Crippen molar-refractivity contribution in [2.45, 2.75) is 58.8 Å². The van der Waals surface area contributed by atoms with Crippen molar-refractivity contribution in [3.63, 3.8) is 0 Å². The van der Waals surface area contributed by atoms with Gasteiger partial charge in [-0.2, -0.15) is 0 Å². The Morgan fingerprint density at radius 1 is 0.833 bits per heavy atom. The van der Waals surface area contributed by atoms with Crippen LogP contribution < -0.4 is 0 Å². The maximum atomic E-state index is 10.5. The molecule has 0 unspecified atom stereocenters. The molecule has 0 saturated carbocycles. The summed E-state index contributed by atoms with van der Waals surface area (Å²) in [4.78, 5) is 0. The number of hydrogen-bond donors (Lipinski definition) is 1. The fourth-order valence-electron chi connectivity index (χ4n) is 2.92. The fourth-order valence-corrected chi connectivity index (χ4v) is 2.92. The summed E-state index contributed by atoms with van der Waals surface area (Å²) in [5, 5.41) is 10.5. The second kappa shape index (κ2) is 6.84. The number of phenolic OH excluding ortho intramolecular Hbond substituents is 1.